The standard InChI is InChI=1S/C17H17N5O5/c1-27-14-9(17(25)26)3-2-4-10(14)19-11-7-12(20-16(24)8-5-6-8)21-22-13(11)15(18)23/h2-4,7-8H,5-6H2,1H3,(H2,18,23)(H,25,26)(H2,19,20,21,24). The summed E-state index contributed by atoms with van der Waals surface area (Å²) in [5.41, 5.74) is 5.55. The van der Waals surface area contributed by atoms with Gasteiger partial charge in [-0.2, -0.15) is 0 Å². The summed E-state index contributed by atoms with van der Waals surface area (Å²) in [5, 5.41) is 22.3. The smallest absolute Gasteiger partial charge is 0.339 e. The molecule has 1 saturated carbocycles. The number of hydrogen-bond acceptors (Lipinski definition) is 7. The largest absolute Gasteiger partial charge is 0.494 e. The second-order valence-electron chi connectivity index (χ2n) is 5.94. The number of amides is 2. The van der Waals surface area contributed by atoms with E-state index < -0.39 is 11.9 Å². The minimum absolute atomic E-state index is 0.0358. The van der Waals surface area contributed by atoms with Gasteiger partial charge in [0.05, 0.1) is 18.5 Å². The van der Waals surface area contributed by atoms with Crippen molar-refractivity contribution in [1.29, 1.82) is 0 Å². The summed E-state index contributed by atoms with van der Waals surface area (Å²) in [4.78, 5) is 34.9. The zero-order chi connectivity index (χ0) is 19.6. The first kappa shape index (κ1) is 18.1. The summed E-state index contributed by atoms with van der Waals surface area (Å²) in [5.74, 6) is -2.00. The van der Waals surface area contributed by atoms with Gasteiger partial charge in [0.15, 0.2) is 17.3 Å². The van der Waals surface area contributed by atoms with Crippen LogP contribution >= 0.6 is 0 Å². The van der Waals surface area contributed by atoms with Crippen LogP contribution in [0.2, 0.25) is 0 Å². The van der Waals surface area contributed by atoms with Crippen molar-refractivity contribution < 1.29 is 24.2 Å². The predicted molar refractivity (Wildman–Crippen MR) is 95.1 cm³/mol. The van der Waals surface area contributed by atoms with Crippen LogP contribution in [-0.2, 0) is 4.79 Å². The van der Waals surface area contributed by atoms with Gasteiger partial charge in [-0.3, -0.25) is 9.59 Å². The summed E-state index contributed by atoms with van der Waals surface area (Å²) in [6, 6.07) is 5.87. The van der Waals surface area contributed by atoms with Crippen LogP contribution in [0.4, 0.5) is 17.2 Å². The minimum Gasteiger partial charge on any atom is -0.494 e. The maximum absolute atomic E-state index is 11.9. The van der Waals surface area contributed by atoms with E-state index in [4.69, 9.17) is 10.5 Å². The number of carbonyl (C=O) groups excluding carboxylic acids is 2. The number of hydrogen-bond donors (Lipinski definition) is 4. The molecule has 0 spiro atoms. The van der Waals surface area contributed by atoms with E-state index in [2.05, 4.69) is 20.8 Å². The molecule has 1 aromatic carbocycles. The molecular weight excluding hydrogens is 354 g/mol. The van der Waals surface area contributed by atoms with Crippen molar-refractivity contribution in [1.82, 2.24) is 10.2 Å². The van der Waals surface area contributed by atoms with Crippen molar-refractivity contribution in [2.24, 2.45) is 11.7 Å². The molecule has 27 heavy (non-hydrogen) atoms. The average Bonchev–Trinajstić information content (AvgIpc) is 3.46. The third-order valence-corrected chi connectivity index (χ3v) is 3.95. The second kappa shape index (κ2) is 7.28. The highest BCUT2D eigenvalue weighted by molar-refractivity contribution is 6.00. The van der Waals surface area contributed by atoms with Crippen LogP contribution < -0.4 is 21.1 Å². The Morgan fingerprint density at radius 2 is 1.96 bits per heavy atom. The Bertz CT molecular complexity index is 926. The first-order valence-corrected chi connectivity index (χ1v) is 8.06. The first-order valence-electron chi connectivity index (χ1n) is 8.06. The summed E-state index contributed by atoms with van der Waals surface area (Å²) >= 11 is 0. The molecule has 0 unspecified atom stereocenters. The predicted octanol–water partition coefficient (Wildman–Crippen LogP) is 1.37. The number of carboxylic acids is 1. The Kier molecular flexibility index (Phi) is 4.88. The highest BCUT2D eigenvalue weighted by Crippen LogP contribution is 2.33. The minimum atomic E-state index is -1.17. The molecule has 1 aliphatic carbocycles. The lowest BCUT2D eigenvalue weighted by Crippen LogP contribution is -2.19. The number of carboxylic acid groups (broad SMARTS) is 1. The maximum atomic E-state index is 11.9. The van der Waals surface area contributed by atoms with Crippen LogP contribution in [0.3, 0.4) is 0 Å². The van der Waals surface area contributed by atoms with Crippen LogP contribution in [0.1, 0.15) is 33.7 Å². The third kappa shape index (κ3) is 3.94. The molecule has 0 bridgehead atoms. The number of nitrogens with one attached hydrogen (secondary N) is 2. The highest BCUT2D eigenvalue weighted by Gasteiger charge is 2.30. The molecule has 3 rings (SSSR count). The zero-order valence-corrected chi connectivity index (χ0v) is 14.4. The van der Waals surface area contributed by atoms with E-state index in [1.165, 1.54) is 25.3 Å². The van der Waals surface area contributed by atoms with Crippen LogP contribution in [0.25, 0.3) is 0 Å². The Morgan fingerprint density at radius 1 is 1.22 bits per heavy atom. The molecular formula is C17H17N5O5. The number of ether oxygens (including phenoxy) is 1. The zero-order valence-electron chi connectivity index (χ0n) is 14.4. The Balaban J connectivity index is 1.97. The van der Waals surface area contributed by atoms with Crippen LogP contribution in [0, 0.1) is 5.92 Å². The Labute approximate surface area is 153 Å². The van der Waals surface area contributed by atoms with Gasteiger partial charge in [-0.05, 0) is 25.0 Å². The van der Waals surface area contributed by atoms with Crippen molar-refractivity contribution in [2.75, 3.05) is 17.7 Å². The second-order valence-corrected chi connectivity index (χ2v) is 5.94. The van der Waals surface area contributed by atoms with Crippen molar-refractivity contribution in [3.63, 3.8) is 0 Å². The molecule has 2 aromatic rings. The number of carbonyl (C=O) groups is 3. The van der Waals surface area contributed by atoms with E-state index in [0.29, 0.717) is 0 Å². The molecule has 1 aliphatic rings. The van der Waals surface area contributed by atoms with Gasteiger partial charge in [-0.15, -0.1) is 10.2 Å². The number of aromatic carboxylic acids is 1. The number of para-hydroxylation sites is 1. The number of nitrogens with zero attached hydrogens (tertiary/aromatic N) is 2. The van der Waals surface area contributed by atoms with Crippen LogP contribution in [0.5, 0.6) is 5.75 Å². The Hall–Kier alpha value is -3.69. The molecule has 10 nitrogen and oxygen atoms in total. The van der Waals surface area contributed by atoms with Gasteiger partial charge < -0.3 is 26.2 Å². The fourth-order valence-electron chi connectivity index (χ4n) is 2.47. The first-order chi connectivity index (χ1) is 12.9. The number of benzene rings is 1. The lowest BCUT2D eigenvalue weighted by atomic mass is 10.1. The van der Waals surface area contributed by atoms with E-state index in [9.17, 15) is 19.5 Å². The summed E-state index contributed by atoms with van der Waals surface area (Å²) in [6.07, 6.45) is 1.64. The van der Waals surface area contributed by atoms with Gasteiger partial charge in [0.1, 0.15) is 5.56 Å². The number of anilines is 3. The van der Waals surface area contributed by atoms with Crippen LogP contribution in [0.15, 0.2) is 24.3 Å². The van der Waals surface area contributed by atoms with Gasteiger partial charge in [-0.1, -0.05) is 6.07 Å². The van der Waals surface area contributed by atoms with Gasteiger partial charge in [0.2, 0.25) is 5.91 Å². The molecule has 0 saturated heterocycles. The number of nitrogens with two attached hydrogens (primary N) is 1. The van der Waals surface area contributed by atoms with Gasteiger partial charge >= 0.3 is 5.97 Å². The monoisotopic (exact) mass is 371 g/mol. The van der Waals surface area contributed by atoms with E-state index in [0.717, 1.165) is 12.8 Å². The molecule has 10 heteroatoms. The fourth-order valence-corrected chi connectivity index (χ4v) is 2.47. The number of aromatic nitrogens is 2. The number of primary amides is 1. The quantitative estimate of drug-likeness (QED) is 0.568. The van der Waals surface area contributed by atoms with E-state index in [-0.39, 0.29) is 46.0 Å². The van der Waals surface area contributed by atoms with Gasteiger partial charge in [0, 0.05) is 12.0 Å². The van der Waals surface area contributed by atoms with E-state index >= 15 is 0 Å². The summed E-state index contributed by atoms with van der Waals surface area (Å²) < 4.78 is 5.18. The number of methoxy groups -OCH3 is 1. The summed E-state index contributed by atoms with van der Waals surface area (Å²) in [6.45, 7) is 0. The maximum Gasteiger partial charge on any atom is 0.339 e. The molecule has 0 atom stereocenters. The van der Waals surface area contributed by atoms with E-state index in [1.54, 1.807) is 6.07 Å². The lowest BCUT2D eigenvalue weighted by molar-refractivity contribution is -0.117. The molecule has 140 valence electrons. The third-order valence-electron chi connectivity index (χ3n) is 3.95. The van der Waals surface area contributed by atoms with Crippen LogP contribution in [-0.4, -0.2) is 40.2 Å². The van der Waals surface area contributed by atoms with Crippen molar-refractivity contribution in [3.05, 3.63) is 35.5 Å². The fraction of sp³-hybridized carbons (Fsp3) is 0.235. The van der Waals surface area contributed by atoms with E-state index in [1.807, 2.05) is 0 Å². The molecule has 1 heterocycles. The van der Waals surface area contributed by atoms with Crippen molar-refractivity contribution in [2.45, 2.75) is 12.8 Å². The molecule has 0 radical (unpaired) electrons. The highest BCUT2D eigenvalue weighted by atomic mass is 16.5. The molecule has 1 fully saturated rings. The van der Waals surface area contributed by atoms with Gasteiger partial charge in [0.25, 0.3) is 5.91 Å². The topological polar surface area (TPSA) is 157 Å². The Morgan fingerprint density at radius 3 is 2.56 bits per heavy atom. The van der Waals surface area contributed by atoms with Gasteiger partial charge in [-0.25, -0.2) is 4.79 Å². The normalized spacial score (nSPS) is 12.9. The lowest BCUT2D eigenvalue weighted by Gasteiger charge is -2.15. The number of rotatable bonds is 7. The van der Waals surface area contributed by atoms with Crippen molar-refractivity contribution in [3.8, 4) is 5.75 Å². The molecule has 0 aliphatic heterocycles. The molecule has 1 aromatic heterocycles. The molecule has 5 N–H and O–H groups in total. The van der Waals surface area contributed by atoms with Crippen molar-refractivity contribution >= 4 is 35.0 Å². The SMILES string of the molecule is COc1c(Nc2cc(NC(=O)C3CC3)nnc2C(N)=O)cccc1C(=O)O. The average molecular weight is 371 g/mol. The summed E-state index contributed by atoms with van der Waals surface area (Å²) in [7, 11) is 1.33. The molecule has 2 amide bonds.